The summed E-state index contributed by atoms with van der Waals surface area (Å²) < 4.78 is 0. The molecule has 7 heteroatoms. The summed E-state index contributed by atoms with van der Waals surface area (Å²) in [6.45, 7) is 9.28. The lowest BCUT2D eigenvalue weighted by Crippen LogP contribution is -2.51. The zero-order valence-corrected chi connectivity index (χ0v) is 13.9. The summed E-state index contributed by atoms with van der Waals surface area (Å²) in [6.07, 6.45) is 1.93. The van der Waals surface area contributed by atoms with Crippen molar-refractivity contribution in [1.82, 2.24) is 15.1 Å². The molecule has 21 heavy (non-hydrogen) atoms. The van der Waals surface area contributed by atoms with Crippen molar-refractivity contribution < 1.29 is 9.90 Å². The molecule has 0 saturated heterocycles. The van der Waals surface area contributed by atoms with Crippen molar-refractivity contribution in [2.45, 2.75) is 58.0 Å². The lowest BCUT2D eigenvalue weighted by atomic mass is 9.85. The Morgan fingerprint density at radius 1 is 1.43 bits per heavy atom. The van der Waals surface area contributed by atoms with Gasteiger partial charge in [-0.25, -0.2) is 0 Å². The van der Waals surface area contributed by atoms with Crippen molar-refractivity contribution in [3.8, 4) is 0 Å². The first kappa shape index (κ1) is 16.2. The minimum absolute atomic E-state index is 0.0280. The third kappa shape index (κ3) is 4.14. The molecule has 1 aromatic heterocycles. The summed E-state index contributed by atoms with van der Waals surface area (Å²) >= 11 is 1.60. The molecule has 1 aliphatic carbocycles. The molecule has 2 N–H and O–H groups in total. The van der Waals surface area contributed by atoms with Crippen molar-refractivity contribution in [3.63, 3.8) is 0 Å². The zero-order valence-electron chi connectivity index (χ0n) is 13.1. The fourth-order valence-corrected chi connectivity index (χ4v) is 3.31. The third-order valence-electron chi connectivity index (χ3n) is 3.77. The van der Waals surface area contributed by atoms with E-state index in [-0.39, 0.29) is 12.0 Å². The number of nitrogens with zero attached hydrogens (tertiary/aromatic N) is 3. The molecule has 0 aliphatic heterocycles. The highest BCUT2D eigenvalue weighted by Crippen LogP contribution is 2.32. The Bertz CT molecular complexity index is 491. The molecule has 0 amide bonds. The minimum atomic E-state index is -0.757. The molecule has 118 valence electrons. The Morgan fingerprint density at radius 2 is 2.10 bits per heavy atom. The first-order chi connectivity index (χ1) is 9.79. The van der Waals surface area contributed by atoms with Crippen LogP contribution in [0.3, 0.4) is 0 Å². The van der Waals surface area contributed by atoms with Gasteiger partial charge in [-0.3, -0.25) is 9.69 Å². The van der Waals surface area contributed by atoms with Gasteiger partial charge in [-0.2, -0.15) is 0 Å². The molecule has 0 radical (unpaired) electrons. The molecule has 1 saturated carbocycles. The maximum Gasteiger partial charge on any atom is 0.317 e. The summed E-state index contributed by atoms with van der Waals surface area (Å²) in [6, 6.07) is 0.734. The summed E-state index contributed by atoms with van der Waals surface area (Å²) in [4.78, 5) is 12.8. The number of likely N-dealkylation sites (N-methyl/N-ethyl adjacent to an activating group) is 1. The number of carbonyl (C=O) groups is 1. The van der Waals surface area contributed by atoms with E-state index >= 15 is 0 Å². The predicted molar refractivity (Wildman–Crippen MR) is 83.9 cm³/mol. The van der Waals surface area contributed by atoms with E-state index in [4.69, 9.17) is 5.11 Å². The molecule has 0 spiro atoms. The summed E-state index contributed by atoms with van der Waals surface area (Å²) in [5.41, 5.74) is 0.0280. The fourth-order valence-electron chi connectivity index (χ4n) is 2.44. The van der Waals surface area contributed by atoms with Crippen LogP contribution in [0.5, 0.6) is 0 Å². The molecular weight excluding hydrogens is 288 g/mol. The normalized spacial score (nSPS) is 22.1. The van der Waals surface area contributed by atoms with Gasteiger partial charge in [-0.05, 0) is 19.4 Å². The van der Waals surface area contributed by atoms with E-state index in [0.29, 0.717) is 12.1 Å². The van der Waals surface area contributed by atoms with Gasteiger partial charge in [0.1, 0.15) is 5.01 Å². The summed E-state index contributed by atoms with van der Waals surface area (Å²) in [7, 11) is 0. The lowest BCUT2D eigenvalue weighted by molar-refractivity contribution is -0.139. The van der Waals surface area contributed by atoms with E-state index in [0.717, 1.165) is 29.5 Å². The van der Waals surface area contributed by atoms with Gasteiger partial charge in [0.25, 0.3) is 0 Å². The number of carboxylic acid groups (broad SMARTS) is 1. The van der Waals surface area contributed by atoms with Crippen LogP contribution in [0.15, 0.2) is 0 Å². The molecule has 2 rings (SSSR count). The van der Waals surface area contributed by atoms with E-state index in [1.807, 2.05) is 11.8 Å². The van der Waals surface area contributed by atoms with Gasteiger partial charge < -0.3 is 10.4 Å². The van der Waals surface area contributed by atoms with Crippen molar-refractivity contribution in [2.24, 2.45) is 0 Å². The van der Waals surface area contributed by atoms with Gasteiger partial charge >= 0.3 is 5.97 Å². The van der Waals surface area contributed by atoms with Gasteiger partial charge in [-0.1, -0.05) is 39.0 Å². The molecule has 1 heterocycles. The topological polar surface area (TPSA) is 78.4 Å². The van der Waals surface area contributed by atoms with Gasteiger partial charge in [0.05, 0.1) is 6.54 Å². The molecular formula is C14H24N4O2S. The number of carboxylic acids is 1. The molecule has 0 aromatic carbocycles. The molecule has 0 unspecified atom stereocenters. The maximum atomic E-state index is 10.8. The molecule has 6 nitrogen and oxygen atoms in total. The van der Waals surface area contributed by atoms with E-state index in [2.05, 4.69) is 36.3 Å². The van der Waals surface area contributed by atoms with Crippen LogP contribution >= 0.6 is 11.3 Å². The Labute approximate surface area is 129 Å². The van der Waals surface area contributed by atoms with Crippen molar-refractivity contribution >= 4 is 22.4 Å². The number of aromatic nitrogens is 2. The predicted octanol–water partition coefficient (Wildman–Crippen LogP) is 2.18. The number of nitrogens with one attached hydrogen (secondary N) is 1. The van der Waals surface area contributed by atoms with Crippen LogP contribution in [-0.2, 0) is 10.2 Å². The smallest absolute Gasteiger partial charge is 0.317 e. The van der Waals surface area contributed by atoms with Crippen LogP contribution in [0.4, 0.5) is 5.13 Å². The van der Waals surface area contributed by atoms with Gasteiger partial charge in [0.2, 0.25) is 5.13 Å². The maximum absolute atomic E-state index is 10.8. The minimum Gasteiger partial charge on any atom is -0.480 e. The highest BCUT2D eigenvalue weighted by Gasteiger charge is 2.34. The number of anilines is 1. The SMILES string of the molecule is CCN(CC(=O)O)C1CC(Nc2nnc(C(C)(C)C)s2)C1. The van der Waals surface area contributed by atoms with Gasteiger partial charge in [0, 0.05) is 17.5 Å². The summed E-state index contributed by atoms with van der Waals surface area (Å²) in [5, 5.41) is 22.6. The molecule has 1 fully saturated rings. The first-order valence-electron chi connectivity index (χ1n) is 7.36. The highest BCUT2D eigenvalue weighted by atomic mass is 32.1. The molecule has 1 aromatic rings. The van der Waals surface area contributed by atoms with Gasteiger partial charge in [0.15, 0.2) is 0 Å². The number of hydrogen-bond acceptors (Lipinski definition) is 6. The quantitative estimate of drug-likeness (QED) is 0.838. The molecule has 0 bridgehead atoms. The van der Waals surface area contributed by atoms with Crippen LogP contribution in [0.2, 0.25) is 0 Å². The van der Waals surface area contributed by atoms with E-state index in [1.165, 1.54) is 0 Å². The Kier molecular flexibility index (Phi) is 4.83. The Morgan fingerprint density at radius 3 is 2.57 bits per heavy atom. The second-order valence-electron chi connectivity index (χ2n) is 6.59. The molecule has 1 aliphatic rings. The Hall–Kier alpha value is -1.21. The largest absolute Gasteiger partial charge is 0.480 e. The second-order valence-corrected chi connectivity index (χ2v) is 7.56. The number of rotatable bonds is 6. The first-order valence-corrected chi connectivity index (χ1v) is 8.17. The van der Waals surface area contributed by atoms with E-state index in [9.17, 15) is 4.79 Å². The van der Waals surface area contributed by atoms with Crippen LogP contribution in [-0.4, -0.2) is 51.3 Å². The molecule has 0 atom stereocenters. The van der Waals surface area contributed by atoms with Crippen molar-refractivity contribution in [2.75, 3.05) is 18.4 Å². The lowest BCUT2D eigenvalue weighted by Gasteiger charge is -2.42. The highest BCUT2D eigenvalue weighted by molar-refractivity contribution is 7.15. The van der Waals surface area contributed by atoms with Crippen LogP contribution in [0.25, 0.3) is 0 Å². The zero-order chi connectivity index (χ0) is 15.6. The fraction of sp³-hybridized carbons (Fsp3) is 0.786. The monoisotopic (exact) mass is 312 g/mol. The average Bonchev–Trinajstić information content (AvgIpc) is 2.78. The summed E-state index contributed by atoms with van der Waals surface area (Å²) in [5.74, 6) is -0.757. The van der Waals surface area contributed by atoms with Crippen LogP contribution in [0.1, 0.15) is 45.5 Å². The van der Waals surface area contributed by atoms with Crippen molar-refractivity contribution in [3.05, 3.63) is 5.01 Å². The van der Waals surface area contributed by atoms with E-state index < -0.39 is 5.97 Å². The number of hydrogen-bond donors (Lipinski definition) is 2. The average molecular weight is 312 g/mol. The second kappa shape index (κ2) is 6.27. The Balaban J connectivity index is 1.82. The van der Waals surface area contributed by atoms with E-state index in [1.54, 1.807) is 11.3 Å². The number of aliphatic carboxylic acids is 1. The van der Waals surface area contributed by atoms with Crippen molar-refractivity contribution in [1.29, 1.82) is 0 Å². The van der Waals surface area contributed by atoms with Crippen LogP contribution in [0, 0.1) is 0 Å². The third-order valence-corrected chi connectivity index (χ3v) is 5.05. The van der Waals surface area contributed by atoms with Gasteiger partial charge in [-0.15, -0.1) is 10.2 Å². The standard InChI is InChI=1S/C14H24N4O2S/c1-5-18(8-11(19)20)10-6-9(7-10)15-13-17-16-12(21-13)14(2,3)4/h9-10H,5-8H2,1-4H3,(H,15,17)(H,19,20). The van der Waals surface area contributed by atoms with Crippen LogP contribution < -0.4 is 5.32 Å².